The quantitative estimate of drug-likeness (QED) is 0.620. The second kappa shape index (κ2) is 6.48. The van der Waals surface area contributed by atoms with E-state index in [-0.39, 0.29) is 0 Å². The molecule has 0 spiro atoms. The smallest absolute Gasteiger partial charge is 0.342 e. The molecule has 0 amide bonds. The van der Waals surface area contributed by atoms with E-state index in [1.165, 1.54) is 21.3 Å². The first kappa shape index (κ1) is 13.8. The number of hydrogen-bond donors (Lipinski definition) is 0. The summed E-state index contributed by atoms with van der Waals surface area (Å²) in [6, 6.07) is 3.53. The van der Waals surface area contributed by atoms with Crippen LogP contribution in [0.3, 0.4) is 0 Å². The first-order valence-corrected chi connectivity index (χ1v) is 6.04. The van der Waals surface area contributed by atoms with Gasteiger partial charge < -0.3 is 14.2 Å². The van der Waals surface area contributed by atoms with Crippen molar-refractivity contribution < 1.29 is 19.0 Å². The molecule has 1 rings (SSSR count). The minimum Gasteiger partial charge on any atom is -0.493 e. The molecule has 0 aliphatic heterocycles. The van der Waals surface area contributed by atoms with Gasteiger partial charge in [0.2, 0.25) is 0 Å². The number of benzene rings is 1. The van der Waals surface area contributed by atoms with Crippen molar-refractivity contribution in [2.45, 2.75) is 0 Å². The molecule has 0 fully saturated rings. The van der Waals surface area contributed by atoms with E-state index in [1.807, 2.05) is 4.08 Å². The van der Waals surface area contributed by atoms with Gasteiger partial charge in [-0.15, -0.1) is 0 Å². The standard InChI is InChI=1S/C12H13IO4/c1-15-9-5-4-8(6-7-13)10(11(9)16-2)12(14)17-3/h4-7H,1-3H3/b7-6+. The Kier molecular flexibility index (Phi) is 5.27. The Balaban J connectivity index is 3.49. The van der Waals surface area contributed by atoms with Crippen molar-refractivity contribution >= 4 is 34.6 Å². The molecule has 1 aromatic carbocycles. The Bertz CT molecular complexity index is 440. The van der Waals surface area contributed by atoms with Gasteiger partial charge in [-0.3, -0.25) is 0 Å². The highest BCUT2D eigenvalue weighted by molar-refractivity contribution is 14.1. The number of halogens is 1. The molecule has 0 heterocycles. The van der Waals surface area contributed by atoms with E-state index in [9.17, 15) is 4.79 Å². The zero-order chi connectivity index (χ0) is 12.8. The van der Waals surface area contributed by atoms with Gasteiger partial charge in [-0.1, -0.05) is 28.7 Å². The van der Waals surface area contributed by atoms with Crippen LogP contribution < -0.4 is 9.47 Å². The van der Waals surface area contributed by atoms with Crippen LogP contribution in [0.1, 0.15) is 15.9 Å². The van der Waals surface area contributed by atoms with Crippen LogP contribution in [0.25, 0.3) is 6.08 Å². The molecule has 0 bridgehead atoms. The normalized spacial score (nSPS) is 10.4. The molecule has 0 N–H and O–H groups in total. The van der Waals surface area contributed by atoms with Crippen molar-refractivity contribution in [1.82, 2.24) is 0 Å². The average molecular weight is 348 g/mol. The van der Waals surface area contributed by atoms with Crippen molar-refractivity contribution in [3.63, 3.8) is 0 Å². The Morgan fingerprint density at radius 1 is 1.24 bits per heavy atom. The summed E-state index contributed by atoms with van der Waals surface area (Å²) < 4.78 is 16.9. The van der Waals surface area contributed by atoms with E-state index in [2.05, 4.69) is 22.6 Å². The maximum atomic E-state index is 11.8. The molecule has 4 nitrogen and oxygen atoms in total. The molecule has 0 saturated heterocycles. The Hall–Kier alpha value is -1.24. The Morgan fingerprint density at radius 2 is 1.94 bits per heavy atom. The first-order valence-electron chi connectivity index (χ1n) is 4.79. The third kappa shape index (κ3) is 2.91. The van der Waals surface area contributed by atoms with E-state index in [0.717, 1.165) is 5.56 Å². The summed E-state index contributed by atoms with van der Waals surface area (Å²) in [6.45, 7) is 0. The van der Waals surface area contributed by atoms with Gasteiger partial charge in [-0.25, -0.2) is 4.79 Å². The van der Waals surface area contributed by atoms with E-state index in [4.69, 9.17) is 14.2 Å². The van der Waals surface area contributed by atoms with Crippen LogP contribution in [-0.4, -0.2) is 27.3 Å². The fourth-order valence-corrected chi connectivity index (χ4v) is 1.85. The van der Waals surface area contributed by atoms with Gasteiger partial charge in [0.25, 0.3) is 0 Å². The van der Waals surface area contributed by atoms with Crippen LogP contribution >= 0.6 is 22.6 Å². The number of methoxy groups -OCH3 is 3. The molecule has 17 heavy (non-hydrogen) atoms. The van der Waals surface area contributed by atoms with Crippen LogP contribution in [0, 0.1) is 0 Å². The molecule has 0 saturated carbocycles. The molecule has 0 aliphatic rings. The van der Waals surface area contributed by atoms with Crippen LogP contribution in [0.4, 0.5) is 0 Å². The molecular weight excluding hydrogens is 335 g/mol. The zero-order valence-electron chi connectivity index (χ0n) is 9.82. The SMILES string of the molecule is COC(=O)c1c(/C=C/I)ccc(OC)c1OC. The summed E-state index contributed by atoms with van der Waals surface area (Å²) in [4.78, 5) is 11.8. The van der Waals surface area contributed by atoms with E-state index in [1.54, 1.807) is 18.2 Å². The van der Waals surface area contributed by atoms with E-state index in [0.29, 0.717) is 17.1 Å². The predicted octanol–water partition coefficient (Wildman–Crippen LogP) is 2.90. The van der Waals surface area contributed by atoms with Crippen molar-refractivity contribution in [2.75, 3.05) is 21.3 Å². The summed E-state index contributed by atoms with van der Waals surface area (Å²) in [7, 11) is 4.34. The lowest BCUT2D eigenvalue weighted by Gasteiger charge is -2.13. The van der Waals surface area contributed by atoms with Gasteiger partial charge in [0, 0.05) is 0 Å². The highest BCUT2D eigenvalue weighted by atomic mass is 127. The average Bonchev–Trinajstić information content (AvgIpc) is 2.37. The Morgan fingerprint density at radius 3 is 2.41 bits per heavy atom. The fraction of sp³-hybridized carbons (Fsp3) is 0.250. The highest BCUT2D eigenvalue weighted by Gasteiger charge is 2.20. The maximum Gasteiger partial charge on any atom is 0.342 e. The van der Waals surface area contributed by atoms with Gasteiger partial charge >= 0.3 is 5.97 Å². The molecule has 0 aromatic heterocycles. The second-order valence-electron chi connectivity index (χ2n) is 3.05. The molecule has 0 aliphatic carbocycles. The minimum atomic E-state index is -0.453. The van der Waals surface area contributed by atoms with Crippen LogP contribution in [0.5, 0.6) is 11.5 Å². The molecule has 0 radical (unpaired) electrons. The third-order valence-corrected chi connectivity index (χ3v) is 2.57. The van der Waals surface area contributed by atoms with E-state index < -0.39 is 5.97 Å². The molecule has 5 heteroatoms. The van der Waals surface area contributed by atoms with Crippen molar-refractivity contribution in [1.29, 1.82) is 0 Å². The number of ether oxygens (including phenoxy) is 3. The van der Waals surface area contributed by atoms with Gasteiger partial charge in [0.05, 0.1) is 21.3 Å². The second-order valence-corrected chi connectivity index (χ2v) is 3.77. The van der Waals surface area contributed by atoms with Crippen LogP contribution in [-0.2, 0) is 4.74 Å². The highest BCUT2D eigenvalue weighted by Crippen LogP contribution is 2.34. The summed E-state index contributed by atoms with van der Waals surface area (Å²) in [5.41, 5.74) is 1.09. The van der Waals surface area contributed by atoms with Crippen molar-refractivity contribution in [3.8, 4) is 11.5 Å². The van der Waals surface area contributed by atoms with Crippen molar-refractivity contribution in [3.05, 3.63) is 27.3 Å². The Labute approximate surface area is 114 Å². The van der Waals surface area contributed by atoms with Gasteiger partial charge in [-0.2, -0.15) is 0 Å². The summed E-state index contributed by atoms with van der Waals surface area (Å²) >= 11 is 2.08. The summed E-state index contributed by atoms with van der Waals surface area (Å²) in [5.74, 6) is 0.426. The van der Waals surface area contributed by atoms with Gasteiger partial charge in [0.1, 0.15) is 5.56 Å². The number of esters is 1. The maximum absolute atomic E-state index is 11.8. The van der Waals surface area contributed by atoms with Crippen molar-refractivity contribution in [2.24, 2.45) is 0 Å². The molecule has 92 valence electrons. The van der Waals surface area contributed by atoms with Crippen LogP contribution in [0.15, 0.2) is 16.2 Å². The number of rotatable bonds is 4. The predicted molar refractivity (Wildman–Crippen MR) is 73.9 cm³/mol. The minimum absolute atomic E-state index is 0.363. The molecule has 0 unspecified atom stereocenters. The molecule has 1 aromatic rings. The van der Waals surface area contributed by atoms with Gasteiger partial charge in [-0.05, 0) is 21.8 Å². The zero-order valence-corrected chi connectivity index (χ0v) is 12.0. The number of carbonyl (C=O) groups excluding carboxylic acids is 1. The monoisotopic (exact) mass is 348 g/mol. The number of hydrogen-bond acceptors (Lipinski definition) is 4. The molecular formula is C12H13IO4. The van der Waals surface area contributed by atoms with Gasteiger partial charge in [0.15, 0.2) is 11.5 Å². The lowest BCUT2D eigenvalue weighted by molar-refractivity contribution is 0.0596. The summed E-state index contributed by atoms with van der Waals surface area (Å²) in [5, 5.41) is 0. The first-order chi connectivity index (χ1) is 8.19. The fourth-order valence-electron chi connectivity index (χ4n) is 1.46. The van der Waals surface area contributed by atoms with E-state index >= 15 is 0 Å². The van der Waals surface area contributed by atoms with Crippen LogP contribution in [0.2, 0.25) is 0 Å². The molecule has 0 atom stereocenters. The topological polar surface area (TPSA) is 44.8 Å². The third-order valence-electron chi connectivity index (χ3n) is 2.21. The number of carbonyl (C=O) groups is 1. The largest absolute Gasteiger partial charge is 0.493 e. The lowest BCUT2D eigenvalue weighted by atomic mass is 10.1. The lowest BCUT2D eigenvalue weighted by Crippen LogP contribution is -2.07. The summed E-state index contributed by atoms with van der Waals surface area (Å²) in [6.07, 6.45) is 1.80.